The maximum atomic E-state index is 13.6. The Hall–Kier alpha value is -1.75. The number of thiazole rings is 1. The van der Waals surface area contributed by atoms with Gasteiger partial charge in [-0.05, 0) is 26.0 Å². The van der Waals surface area contributed by atoms with Crippen LogP contribution in [0.1, 0.15) is 22.3 Å². The normalized spacial score (nSPS) is 10.4. The van der Waals surface area contributed by atoms with Crippen LogP contribution in [0.5, 0.6) is 0 Å². The van der Waals surface area contributed by atoms with E-state index in [-0.39, 0.29) is 5.82 Å². The highest BCUT2D eigenvalue weighted by molar-refractivity contribution is 7.17. The van der Waals surface area contributed by atoms with Gasteiger partial charge in [-0.2, -0.15) is 0 Å². The van der Waals surface area contributed by atoms with Gasteiger partial charge in [-0.3, -0.25) is 0 Å². The zero-order valence-electron chi connectivity index (χ0n) is 10.1. The van der Waals surface area contributed by atoms with Crippen LogP contribution in [0.2, 0.25) is 0 Å². The molecule has 0 saturated heterocycles. The Morgan fingerprint density at radius 2 is 2.17 bits per heavy atom. The summed E-state index contributed by atoms with van der Waals surface area (Å²) >= 11 is 1.15. The zero-order valence-corrected chi connectivity index (χ0v) is 10.9. The van der Waals surface area contributed by atoms with E-state index in [9.17, 15) is 9.18 Å². The molecule has 0 N–H and O–H groups in total. The summed E-state index contributed by atoms with van der Waals surface area (Å²) in [6.07, 6.45) is 0. The molecule has 0 unspecified atom stereocenters. The number of hydrogen-bond donors (Lipinski definition) is 0. The number of ether oxygens (including phenoxy) is 1. The van der Waals surface area contributed by atoms with E-state index >= 15 is 0 Å². The minimum atomic E-state index is -0.407. The van der Waals surface area contributed by atoms with Crippen LogP contribution in [0, 0.1) is 12.7 Å². The Labute approximate surface area is 108 Å². The van der Waals surface area contributed by atoms with Crippen molar-refractivity contribution in [3.05, 3.63) is 40.7 Å². The van der Waals surface area contributed by atoms with Gasteiger partial charge in [-0.15, -0.1) is 11.3 Å². The summed E-state index contributed by atoms with van der Waals surface area (Å²) < 4.78 is 18.5. The van der Waals surface area contributed by atoms with Gasteiger partial charge < -0.3 is 4.74 Å². The van der Waals surface area contributed by atoms with E-state index < -0.39 is 5.97 Å². The van der Waals surface area contributed by atoms with E-state index in [4.69, 9.17) is 4.74 Å². The molecule has 0 aliphatic carbocycles. The van der Waals surface area contributed by atoms with E-state index in [0.717, 1.165) is 11.3 Å². The maximum Gasteiger partial charge on any atom is 0.350 e. The molecular formula is C13H12FNO2S. The second kappa shape index (κ2) is 5.27. The van der Waals surface area contributed by atoms with Crippen molar-refractivity contribution in [1.82, 2.24) is 4.98 Å². The lowest BCUT2D eigenvalue weighted by atomic mass is 10.2. The van der Waals surface area contributed by atoms with Gasteiger partial charge in [0.05, 0.1) is 12.3 Å². The number of rotatable bonds is 3. The first-order chi connectivity index (χ1) is 8.63. The van der Waals surface area contributed by atoms with E-state index in [1.165, 1.54) is 6.07 Å². The Kier molecular flexibility index (Phi) is 3.72. The van der Waals surface area contributed by atoms with Crippen LogP contribution in [0.25, 0.3) is 10.6 Å². The Morgan fingerprint density at radius 3 is 2.83 bits per heavy atom. The average molecular weight is 265 g/mol. The predicted octanol–water partition coefficient (Wildman–Crippen LogP) is 3.43. The number of esters is 1. The first-order valence-electron chi connectivity index (χ1n) is 5.53. The number of nitrogens with zero attached hydrogens (tertiary/aromatic N) is 1. The quantitative estimate of drug-likeness (QED) is 0.798. The summed E-state index contributed by atoms with van der Waals surface area (Å²) in [5.41, 5.74) is 0.970. The molecule has 2 aromatic rings. The molecule has 0 radical (unpaired) electrons. The molecular weight excluding hydrogens is 253 g/mol. The van der Waals surface area contributed by atoms with Gasteiger partial charge in [0.1, 0.15) is 15.7 Å². The average Bonchev–Trinajstić information content (AvgIpc) is 2.72. The van der Waals surface area contributed by atoms with Crippen molar-refractivity contribution in [2.45, 2.75) is 13.8 Å². The van der Waals surface area contributed by atoms with Crippen molar-refractivity contribution in [2.24, 2.45) is 0 Å². The number of carbonyl (C=O) groups excluding carboxylic acids is 1. The molecule has 5 heteroatoms. The minimum absolute atomic E-state index is 0.311. The fourth-order valence-corrected chi connectivity index (χ4v) is 2.52. The fraction of sp³-hybridized carbons (Fsp3) is 0.231. The second-order valence-corrected chi connectivity index (χ2v) is 4.63. The Balaban J connectivity index is 2.41. The maximum absolute atomic E-state index is 13.6. The van der Waals surface area contributed by atoms with Gasteiger partial charge in [0.15, 0.2) is 0 Å². The number of aromatic nitrogens is 1. The van der Waals surface area contributed by atoms with E-state index in [1.54, 1.807) is 32.0 Å². The molecule has 0 atom stereocenters. The van der Waals surface area contributed by atoms with Crippen molar-refractivity contribution < 1.29 is 13.9 Å². The topological polar surface area (TPSA) is 39.2 Å². The molecule has 3 nitrogen and oxygen atoms in total. The van der Waals surface area contributed by atoms with Crippen molar-refractivity contribution >= 4 is 17.3 Å². The van der Waals surface area contributed by atoms with Crippen LogP contribution in [0.3, 0.4) is 0 Å². The molecule has 1 aromatic heterocycles. The highest BCUT2D eigenvalue weighted by Crippen LogP contribution is 2.29. The van der Waals surface area contributed by atoms with Gasteiger partial charge >= 0.3 is 5.97 Å². The fourth-order valence-electron chi connectivity index (χ4n) is 1.53. The molecule has 1 heterocycles. The SMILES string of the molecule is CCOC(=O)c1sc(-c2ccccc2F)nc1C. The van der Waals surface area contributed by atoms with E-state index in [2.05, 4.69) is 4.98 Å². The van der Waals surface area contributed by atoms with E-state index in [1.807, 2.05) is 0 Å². The standard InChI is InChI=1S/C13H12FNO2S/c1-3-17-13(16)11-8(2)15-12(18-11)9-6-4-5-7-10(9)14/h4-7H,3H2,1-2H3. The molecule has 0 amide bonds. The summed E-state index contributed by atoms with van der Waals surface area (Å²) in [6.45, 7) is 3.77. The number of halogens is 1. The first kappa shape index (κ1) is 12.7. The Morgan fingerprint density at radius 1 is 1.44 bits per heavy atom. The lowest BCUT2D eigenvalue weighted by Crippen LogP contribution is -2.03. The first-order valence-corrected chi connectivity index (χ1v) is 6.34. The van der Waals surface area contributed by atoms with Crippen LogP contribution in [0.4, 0.5) is 4.39 Å². The van der Waals surface area contributed by atoms with Gasteiger partial charge in [0.25, 0.3) is 0 Å². The molecule has 0 aliphatic rings. The van der Waals surface area contributed by atoms with Gasteiger partial charge in [-0.25, -0.2) is 14.2 Å². The Bertz CT molecular complexity index is 580. The van der Waals surface area contributed by atoms with Crippen molar-refractivity contribution in [2.75, 3.05) is 6.61 Å². The summed E-state index contributed by atoms with van der Waals surface area (Å²) in [5, 5.41) is 0.494. The third kappa shape index (κ3) is 2.41. The number of carbonyl (C=O) groups is 1. The largest absolute Gasteiger partial charge is 0.462 e. The monoisotopic (exact) mass is 265 g/mol. The van der Waals surface area contributed by atoms with Gasteiger partial charge in [0, 0.05) is 5.56 Å². The summed E-state index contributed by atoms with van der Waals surface area (Å²) in [5.74, 6) is -0.753. The van der Waals surface area contributed by atoms with Crippen LogP contribution in [-0.4, -0.2) is 17.6 Å². The molecule has 2 rings (SSSR count). The lowest BCUT2D eigenvalue weighted by Gasteiger charge is -1.98. The molecule has 1 aromatic carbocycles. The van der Waals surface area contributed by atoms with Crippen molar-refractivity contribution in [3.8, 4) is 10.6 Å². The summed E-state index contributed by atoms with van der Waals surface area (Å²) in [7, 11) is 0. The van der Waals surface area contributed by atoms with Crippen LogP contribution >= 0.6 is 11.3 Å². The smallest absolute Gasteiger partial charge is 0.350 e. The molecule has 94 valence electrons. The third-order valence-corrected chi connectivity index (χ3v) is 3.53. The summed E-state index contributed by atoms with van der Waals surface area (Å²) in [6, 6.07) is 6.36. The van der Waals surface area contributed by atoms with Crippen molar-refractivity contribution in [1.29, 1.82) is 0 Å². The third-order valence-electron chi connectivity index (χ3n) is 2.36. The van der Waals surface area contributed by atoms with Gasteiger partial charge in [0.2, 0.25) is 0 Å². The molecule has 0 fully saturated rings. The zero-order chi connectivity index (χ0) is 13.1. The molecule has 0 aliphatic heterocycles. The van der Waals surface area contributed by atoms with Crippen LogP contribution < -0.4 is 0 Å². The molecule has 0 spiro atoms. The highest BCUT2D eigenvalue weighted by atomic mass is 32.1. The molecule has 0 saturated carbocycles. The lowest BCUT2D eigenvalue weighted by molar-refractivity contribution is 0.0531. The molecule has 18 heavy (non-hydrogen) atoms. The number of hydrogen-bond acceptors (Lipinski definition) is 4. The van der Waals surface area contributed by atoms with Gasteiger partial charge in [-0.1, -0.05) is 12.1 Å². The predicted molar refractivity (Wildman–Crippen MR) is 68.2 cm³/mol. The number of aryl methyl sites for hydroxylation is 1. The van der Waals surface area contributed by atoms with E-state index in [0.29, 0.717) is 27.7 Å². The summed E-state index contributed by atoms with van der Waals surface area (Å²) in [4.78, 5) is 16.3. The molecule has 0 bridgehead atoms. The van der Waals surface area contributed by atoms with Crippen molar-refractivity contribution in [3.63, 3.8) is 0 Å². The minimum Gasteiger partial charge on any atom is -0.462 e. The second-order valence-electron chi connectivity index (χ2n) is 3.63. The van der Waals surface area contributed by atoms with Crippen LogP contribution in [0.15, 0.2) is 24.3 Å². The van der Waals surface area contributed by atoms with Crippen LogP contribution in [-0.2, 0) is 4.74 Å². The highest BCUT2D eigenvalue weighted by Gasteiger charge is 2.18. The number of benzene rings is 1.